The van der Waals surface area contributed by atoms with Crippen molar-refractivity contribution in [3.8, 4) is 22.6 Å². The molecule has 0 amide bonds. The van der Waals surface area contributed by atoms with Crippen molar-refractivity contribution in [2.24, 2.45) is 0 Å². The Labute approximate surface area is 166 Å². The molecule has 0 N–H and O–H groups in total. The van der Waals surface area contributed by atoms with Crippen LogP contribution in [0.25, 0.3) is 22.1 Å². The van der Waals surface area contributed by atoms with Crippen LogP contribution in [0, 0.1) is 0 Å². The third-order valence-corrected chi connectivity index (χ3v) is 5.15. The van der Waals surface area contributed by atoms with Gasteiger partial charge in [0.05, 0.1) is 36.4 Å². The van der Waals surface area contributed by atoms with Crippen molar-refractivity contribution >= 4 is 11.0 Å². The van der Waals surface area contributed by atoms with E-state index in [2.05, 4.69) is 4.90 Å². The Morgan fingerprint density at radius 1 is 1.07 bits per heavy atom. The largest absolute Gasteiger partial charge is 0.497 e. The van der Waals surface area contributed by atoms with Gasteiger partial charge in [-0.2, -0.15) is 0 Å². The van der Waals surface area contributed by atoms with Crippen LogP contribution in [0.4, 0.5) is 0 Å². The topological polar surface area (TPSA) is 65.1 Å². The van der Waals surface area contributed by atoms with Crippen LogP contribution in [-0.2, 0) is 13.1 Å². The molecule has 0 saturated heterocycles. The van der Waals surface area contributed by atoms with Gasteiger partial charge >= 0.3 is 0 Å². The number of benzene rings is 2. The zero-order chi connectivity index (χ0) is 19.8. The molecule has 0 fully saturated rings. The lowest BCUT2D eigenvalue weighted by Crippen LogP contribution is -2.31. The van der Waals surface area contributed by atoms with E-state index in [1.165, 1.54) is 6.26 Å². The minimum Gasteiger partial charge on any atom is -0.497 e. The summed E-state index contributed by atoms with van der Waals surface area (Å²) in [5, 5.41) is 0.542. The zero-order valence-electron chi connectivity index (χ0n) is 15.9. The predicted octanol–water partition coefficient (Wildman–Crippen LogP) is 4.41. The average molecular weight is 389 g/mol. The van der Waals surface area contributed by atoms with Gasteiger partial charge in [-0.15, -0.1) is 0 Å². The molecule has 0 saturated carbocycles. The number of ether oxygens (including phenoxy) is 2. The van der Waals surface area contributed by atoms with Gasteiger partial charge < -0.3 is 18.3 Å². The van der Waals surface area contributed by atoms with Crippen molar-refractivity contribution in [2.75, 3.05) is 13.8 Å². The fourth-order valence-electron chi connectivity index (χ4n) is 3.65. The van der Waals surface area contributed by atoms with Crippen LogP contribution < -0.4 is 14.9 Å². The van der Waals surface area contributed by atoms with E-state index >= 15 is 0 Å². The van der Waals surface area contributed by atoms with Crippen molar-refractivity contribution in [3.63, 3.8) is 0 Å². The molecule has 0 bridgehead atoms. The molecule has 0 radical (unpaired) electrons. The highest BCUT2D eigenvalue weighted by molar-refractivity contribution is 5.85. The summed E-state index contributed by atoms with van der Waals surface area (Å²) in [6.07, 6.45) is 3.18. The van der Waals surface area contributed by atoms with Crippen molar-refractivity contribution in [3.05, 3.63) is 82.6 Å². The van der Waals surface area contributed by atoms with Crippen LogP contribution in [0.1, 0.15) is 11.3 Å². The molecule has 0 spiro atoms. The molecular formula is C23H19NO5. The van der Waals surface area contributed by atoms with Gasteiger partial charge in [-0.1, -0.05) is 12.1 Å². The summed E-state index contributed by atoms with van der Waals surface area (Å²) >= 11 is 0. The molecule has 0 aliphatic carbocycles. The third-order valence-electron chi connectivity index (χ3n) is 5.15. The van der Waals surface area contributed by atoms with Gasteiger partial charge in [-0.05, 0) is 42.0 Å². The van der Waals surface area contributed by atoms with Crippen molar-refractivity contribution < 1.29 is 18.3 Å². The van der Waals surface area contributed by atoms with Gasteiger partial charge in [0.15, 0.2) is 0 Å². The maximum Gasteiger partial charge on any atom is 0.200 e. The van der Waals surface area contributed by atoms with E-state index < -0.39 is 0 Å². The Balaban J connectivity index is 1.53. The first-order valence-electron chi connectivity index (χ1n) is 9.32. The first-order valence-corrected chi connectivity index (χ1v) is 9.32. The number of fused-ring (bicyclic) bond motifs is 3. The fraction of sp³-hybridized carbons (Fsp3) is 0.174. The number of nitrogens with zero attached hydrogens (tertiary/aromatic N) is 1. The molecule has 1 aliphatic heterocycles. The number of methoxy groups -OCH3 is 1. The standard InChI is InChI=1S/C23H19NO5/c1-26-16-6-4-15(5-7-16)20-13-28-23-18(22(20)25)8-9-21-19(23)12-24(14-29-21)11-17-3-2-10-27-17/h2-10,13H,11-12,14H2,1H3. The maximum absolute atomic E-state index is 13.1. The molecule has 146 valence electrons. The molecule has 1 aliphatic rings. The van der Waals surface area contributed by atoms with Gasteiger partial charge in [-0.25, -0.2) is 0 Å². The second kappa shape index (κ2) is 7.14. The highest BCUT2D eigenvalue weighted by Crippen LogP contribution is 2.33. The summed E-state index contributed by atoms with van der Waals surface area (Å²) in [4.78, 5) is 15.2. The van der Waals surface area contributed by atoms with E-state index in [-0.39, 0.29) is 5.43 Å². The molecule has 2 aromatic heterocycles. The number of hydrogen-bond acceptors (Lipinski definition) is 6. The summed E-state index contributed by atoms with van der Waals surface area (Å²) in [5.41, 5.74) is 2.68. The van der Waals surface area contributed by atoms with Crippen LogP contribution in [0.3, 0.4) is 0 Å². The minimum absolute atomic E-state index is 0.0672. The van der Waals surface area contributed by atoms with E-state index in [1.807, 2.05) is 42.5 Å². The molecule has 0 atom stereocenters. The molecule has 29 heavy (non-hydrogen) atoms. The summed E-state index contributed by atoms with van der Waals surface area (Å²) in [6, 6.07) is 14.8. The van der Waals surface area contributed by atoms with Crippen LogP contribution >= 0.6 is 0 Å². The van der Waals surface area contributed by atoms with Crippen LogP contribution in [0.15, 0.2) is 74.7 Å². The highest BCUT2D eigenvalue weighted by Gasteiger charge is 2.23. The third kappa shape index (κ3) is 3.17. The molecule has 0 unspecified atom stereocenters. The molecule has 2 aromatic carbocycles. The number of furan rings is 1. The van der Waals surface area contributed by atoms with Crippen LogP contribution in [0.5, 0.6) is 11.5 Å². The van der Waals surface area contributed by atoms with Crippen molar-refractivity contribution in [1.82, 2.24) is 4.90 Å². The number of hydrogen-bond donors (Lipinski definition) is 0. The SMILES string of the molecule is COc1ccc(-c2coc3c4c(ccc3c2=O)OCN(Cc2ccco2)C4)cc1. The van der Waals surface area contributed by atoms with Gasteiger partial charge in [0.25, 0.3) is 0 Å². The van der Waals surface area contributed by atoms with Gasteiger partial charge in [-0.3, -0.25) is 9.69 Å². The van der Waals surface area contributed by atoms with Gasteiger partial charge in [0, 0.05) is 6.54 Å². The number of rotatable bonds is 4. The Morgan fingerprint density at radius 3 is 2.69 bits per heavy atom. The molecule has 4 aromatic rings. The van der Waals surface area contributed by atoms with E-state index in [1.54, 1.807) is 19.4 Å². The van der Waals surface area contributed by atoms with Crippen molar-refractivity contribution in [2.45, 2.75) is 13.1 Å². The smallest absolute Gasteiger partial charge is 0.200 e. The minimum atomic E-state index is -0.0672. The Kier molecular flexibility index (Phi) is 4.33. The Bertz CT molecular complexity index is 1210. The lowest BCUT2D eigenvalue weighted by molar-refractivity contribution is 0.0826. The molecule has 6 heteroatoms. The normalized spacial score (nSPS) is 13.8. The molecule has 5 rings (SSSR count). The second-order valence-electron chi connectivity index (χ2n) is 6.97. The monoisotopic (exact) mass is 389 g/mol. The summed E-state index contributed by atoms with van der Waals surface area (Å²) in [5.74, 6) is 2.34. The fourth-order valence-corrected chi connectivity index (χ4v) is 3.65. The maximum atomic E-state index is 13.1. The summed E-state index contributed by atoms with van der Waals surface area (Å²) in [6.45, 7) is 1.68. The lowest BCUT2D eigenvalue weighted by Gasteiger charge is -2.28. The first-order chi connectivity index (χ1) is 14.2. The van der Waals surface area contributed by atoms with E-state index in [0.717, 1.165) is 28.4 Å². The predicted molar refractivity (Wildman–Crippen MR) is 108 cm³/mol. The van der Waals surface area contributed by atoms with Crippen LogP contribution in [0.2, 0.25) is 0 Å². The van der Waals surface area contributed by atoms with Crippen LogP contribution in [-0.4, -0.2) is 18.7 Å². The summed E-state index contributed by atoms with van der Waals surface area (Å²) < 4.78 is 22.5. The van der Waals surface area contributed by atoms with E-state index in [0.29, 0.717) is 36.4 Å². The van der Waals surface area contributed by atoms with Gasteiger partial charge in [0.2, 0.25) is 5.43 Å². The molecular weight excluding hydrogens is 370 g/mol. The molecule has 3 heterocycles. The molecule has 6 nitrogen and oxygen atoms in total. The quantitative estimate of drug-likeness (QED) is 0.515. The van der Waals surface area contributed by atoms with E-state index in [4.69, 9.17) is 18.3 Å². The second-order valence-corrected chi connectivity index (χ2v) is 6.97. The zero-order valence-corrected chi connectivity index (χ0v) is 15.9. The van der Waals surface area contributed by atoms with E-state index in [9.17, 15) is 4.79 Å². The Morgan fingerprint density at radius 2 is 1.93 bits per heavy atom. The first kappa shape index (κ1) is 17.6. The van der Waals surface area contributed by atoms with Gasteiger partial charge in [0.1, 0.15) is 35.8 Å². The average Bonchev–Trinajstić information content (AvgIpc) is 3.27. The highest BCUT2D eigenvalue weighted by atomic mass is 16.5. The summed E-state index contributed by atoms with van der Waals surface area (Å²) in [7, 11) is 1.61. The Hall–Kier alpha value is -3.51. The lowest BCUT2D eigenvalue weighted by atomic mass is 10.0. The van der Waals surface area contributed by atoms with Crippen molar-refractivity contribution in [1.29, 1.82) is 0 Å².